The molecule has 0 spiro atoms. The number of morpholine rings is 1. The fourth-order valence-electron chi connectivity index (χ4n) is 2.71. The summed E-state index contributed by atoms with van der Waals surface area (Å²) in [6, 6.07) is 11.1. The van der Waals surface area contributed by atoms with Crippen molar-refractivity contribution in [2.45, 2.75) is 31.9 Å². The maximum atomic E-state index is 5.79. The van der Waals surface area contributed by atoms with E-state index in [4.69, 9.17) is 10.5 Å². The Labute approximate surface area is 110 Å². The van der Waals surface area contributed by atoms with Crippen molar-refractivity contribution in [1.82, 2.24) is 4.90 Å². The maximum Gasteiger partial charge on any atom is 0.0753 e. The van der Waals surface area contributed by atoms with Crippen LogP contribution in [0.3, 0.4) is 0 Å². The second-order valence-electron chi connectivity index (χ2n) is 5.58. The van der Waals surface area contributed by atoms with Crippen LogP contribution in [0.2, 0.25) is 0 Å². The van der Waals surface area contributed by atoms with Gasteiger partial charge in [-0.25, -0.2) is 0 Å². The highest BCUT2D eigenvalue weighted by Gasteiger charge is 2.31. The topological polar surface area (TPSA) is 38.5 Å². The average molecular weight is 248 g/mol. The quantitative estimate of drug-likeness (QED) is 0.887. The zero-order valence-electron chi connectivity index (χ0n) is 11.4. The highest BCUT2D eigenvalue weighted by molar-refractivity contribution is 5.19. The molecule has 0 amide bonds. The number of nitrogens with two attached hydrogens (primary N) is 1. The van der Waals surface area contributed by atoms with Crippen LogP contribution < -0.4 is 5.73 Å². The number of hydrogen-bond acceptors (Lipinski definition) is 3. The number of nitrogens with zero attached hydrogens (tertiary/aromatic N) is 1. The third-order valence-electron chi connectivity index (χ3n) is 3.52. The lowest BCUT2D eigenvalue weighted by Crippen LogP contribution is -2.49. The molecule has 100 valence electrons. The van der Waals surface area contributed by atoms with E-state index in [2.05, 4.69) is 49.1 Å². The molecule has 3 heteroatoms. The Balaban J connectivity index is 2.15. The predicted molar refractivity (Wildman–Crippen MR) is 74.5 cm³/mol. The van der Waals surface area contributed by atoms with Gasteiger partial charge in [0.25, 0.3) is 0 Å². The summed E-state index contributed by atoms with van der Waals surface area (Å²) in [5, 5.41) is 0. The minimum absolute atomic E-state index is 0.0557. The van der Waals surface area contributed by atoms with Gasteiger partial charge in [0.15, 0.2) is 0 Å². The largest absolute Gasteiger partial charge is 0.373 e. The molecule has 0 saturated carbocycles. The molecule has 1 aliphatic rings. The predicted octanol–water partition coefficient (Wildman–Crippen LogP) is 2.19. The first kappa shape index (κ1) is 13.5. The second-order valence-corrected chi connectivity index (χ2v) is 5.58. The number of ether oxygens (including phenoxy) is 1. The number of rotatable bonds is 4. The first-order valence-electron chi connectivity index (χ1n) is 6.75. The number of benzene rings is 1. The molecule has 0 radical (unpaired) electrons. The van der Waals surface area contributed by atoms with Gasteiger partial charge >= 0.3 is 0 Å². The summed E-state index contributed by atoms with van der Waals surface area (Å²) in [4.78, 5) is 2.51. The molecular weight excluding hydrogens is 224 g/mol. The molecule has 1 atom stereocenters. The van der Waals surface area contributed by atoms with Crippen LogP contribution in [0.15, 0.2) is 30.3 Å². The molecule has 0 aliphatic carbocycles. The van der Waals surface area contributed by atoms with Gasteiger partial charge in [0.2, 0.25) is 0 Å². The van der Waals surface area contributed by atoms with E-state index in [0.717, 1.165) is 32.7 Å². The van der Waals surface area contributed by atoms with E-state index in [0.29, 0.717) is 6.04 Å². The van der Waals surface area contributed by atoms with Gasteiger partial charge in [-0.15, -0.1) is 0 Å². The van der Waals surface area contributed by atoms with Gasteiger partial charge in [-0.1, -0.05) is 30.3 Å². The molecule has 0 bridgehead atoms. The standard InChI is InChI=1S/C15H24N2O/c1-15(2)12-17(10-11-18-15)14(8-9-16)13-6-4-3-5-7-13/h3-7,14H,8-12,16H2,1-2H3. The Morgan fingerprint density at radius 1 is 1.33 bits per heavy atom. The molecule has 1 saturated heterocycles. The van der Waals surface area contributed by atoms with Crippen LogP contribution in [0.5, 0.6) is 0 Å². The summed E-state index contributed by atoms with van der Waals surface area (Å²) in [5.74, 6) is 0. The van der Waals surface area contributed by atoms with Gasteiger partial charge in [-0.05, 0) is 32.4 Å². The molecule has 1 aromatic rings. The molecule has 3 nitrogen and oxygen atoms in total. The Hall–Kier alpha value is -0.900. The third-order valence-corrected chi connectivity index (χ3v) is 3.52. The van der Waals surface area contributed by atoms with Crippen LogP contribution >= 0.6 is 0 Å². The van der Waals surface area contributed by atoms with Gasteiger partial charge in [0, 0.05) is 19.1 Å². The minimum atomic E-state index is -0.0557. The van der Waals surface area contributed by atoms with Crippen molar-refractivity contribution in [2.24, 2.45) is 5.73 Å². The van der Waals surface area contributed by atoms with E-state index < -0.39 is 0 Å². The Morgan fingerprint density at radius 2 is 2.06 bits per heavy atom. The first-order chi connectivity index (χ1) is 8.62. The molecular formula is C15H24N2O. The van der Waals surface area contributed by atoms with E-state index in [-0.39, 0.29) is 5.60 Å². The van der Waals surface area contributed by atoms with E-state index in [1.807, 2.05) is 0 Å². The lowest BCUT2D eigenvalue weighted by Gasteiger charge is -2.42. The van der Waals surface area contributed by atoms with Crippen LogP contribution in [-0.4, -0.2) is 36.7 Å². The van der Waals surface area contributed by atoms with Crippen molar-refractivity contribution in [3.63, 3.8) is 0 Å². The monoisotopic (exact) mass is 248 g/mol. The minimum Gasteiger partial charge on any atom is -0.373 e. The lowest BCUT2D eigenvalue weighted by molar-refractivity contribution is -0.0982. The zero-order chi connectivity index (χ0) is 13.0. The summed E-state index contributed by atoms with van der Waals surface area (Å²) in [6.45, 7) is 7.79. The smallest absolute Gasteiger partial charge is 0.0753 e. The fourth-order valence-corrected chi connectivity index (χ4v) is 2.71. The molecule has 1 heterocycles. The van der Waals surface area contributed by atoms with Crippen LogP contribution in [-0.2, 0) is 4.74 Å². The van der Waals surface area contributed by atoms with Gasteiger partial charge < -0.3 is 10.5 Å². The highest BCUT2D eigenvalue weighted by Crippen LogP contribution is 2.28. The first-order valence-corrected chi connectivity index (χ1v) is 6.75. The van der Waals surface area contributed by atoms with Crippen molar-refractivity contribution in [2.75, 3.05) is 26.2 Å². The molecule has 1 aliphatic heterocycles. The highest BCUT2D eigenvalue weighted by atomic mass is 16.5. The molecule has 0 aromatic heterocycles. The van der Waals surface area contributed by atoms with Gasteiger partial charge in [0.1, 0.15) is 0 Å². The van der Waals surface area contributed by atoms with Crippen molar-refractivity contribution in [1.29, 1.82) is 0 Å². The SMILES string of the molecule is CC1(C)CN(C(CCN)c2ccccc2)CCO1. The van der Waals surface area contributed by atoms with Crippen molar-refractivity contribution in [3.05, 3.63) is 35.9 Å². The van der Waals surface area contributed by atoms with Gasteiger partial charge in [-0.3, -0.25) is 4.90 Å². The molecule has 2 rings (SSSR count). The van der Waals surface area contributed by atoms with Crippen LogP contribution in [0.25, 0.3) is 0 Å². The second kappa shape index (κ2) is 5.83. The average Bonchev–Trinajstić information content (AvgIpc) is 2.36. The van der Waals surface area contributed by atoms with Crippen LogP contribution in [0.1, 0.15) is 31.9 Å². The molecule has 1 fully saturated rings. The van der Waals surface area contributed by atoms with E-state index in [1.54, 1.807) is 0 Å². The molecule has 18 heavy (non-hydrogen) atoms. The van der Waals surface area contributed by atoms with E-state index in [1.165, 1.54) is 5.56 Å². The van der Waals surface area contributed by atoms with Crippen LogP contribution in [0, 0.1) is 0 Å². The summed E-state index contributed by atoms with van der Waals surface area (Å²) >= 11 is 0. The molecule has 2 N–H and O–H groups in total. The lowest BCUT2D eigenvalue weighted by atomic mass is 9.98. The van der Waals surface area contributed by atoms with Gasteiger partial charge in [-0.2, -0.15) is 0 Å². The maximum absolute atomic E-state index is 5.79. The van der Waals surface area contributed by atoms with Crippen LogP contribution in [0.4, 0.5) is 0 Å². The van der Waals surface area contributed by atoms with Crippen molar-refractivity contribution >= 4 is 0 Å². The summed E-state index contributed by atoms with van der Waals surface area (Å²) < 4.78 is 5.79. The normalized spacial score (nSPS) is 21.7. The van der Waals surface area contributed by atoms with E-state index in [9.17, 15) is 0 Å². The van der Waals surface area contributed by atoms with Crippen molar-refractivity contribution < 1.29 is 4.74 Å². The van der Waals surface area contributed by atoms with Gasteiger partial charge in [0.05, 0.1) is 12.2 Å². The summed E-state index contributed by atoms with van der Waals surface area (Å²) in [6.07, 6.45) is 1.00. The Morgan fingerprint density at radius 3 is 2.67 bits per heavy atom. The number of hydrogen-bond donors (Lipinski definition) is 1. The molecule has 1 aromatic carbocycles. The summed E-state index contributed by atoms with van der Waals surface area (Å²) in [5.41, 5.74) is 7.09. The van der Waals surface area contributed by atoms with E-state index >= 15 is 0 Å². The summed E-state index contributed by atoms with van der Waals surface area (Å²) in [7, 11) is 0. The Bertz CT molecular complexity index is 364. The third kappa shape index (κ3) is 3.31. The molecule has 1 unspecified atom stereocenters. The fraction of sp³-hybridized carbons (Fsp3) is 0.600. The van der Waals surface area contributed by atoms with Crippen molar-refractivity contribution in [3.8, 4) is 0 Å². The Kier molecular flexibility index (Phi) is 4.38. The zero-order valence-corrected chi connectivity index (χ0v) is 11.4.